The molecule has 1 aromatic rings. The van der Waals surface area contributed by atoms with Gasteiger partial charge in [0.05, 0.1) is 11.0 Å². The first-order chi connectivity index (χ1) is 9.38. The summed E-state index contributed by atoms with van der Waals surface area (Å²) in [6.07, 6.45) is 3.59. The van der Waals surface area contributed by atoms with Gasteiger partial charge in [0, 0.05) is 6.54 Å². The number of thiocarbonyl (C=S) groups is 1. The molecule has 2 nitrogen and oxygen atoms in total. The molecule has 0 radical (unpaired) electrons. The summed E-state index contributed by atoms with van der Waals surface area (Å²) >= 11 is 5.21. The summed E-state index contributed by atoms with van der Waals surface area (Å²) < 4.78 is 0. The van der Waals surface area contributed by atoms with Crippen molar-refractivity contribution in [2.75, 3.05) is 6.54 Å². The highest BCUT2D eigenvalue weighted by molar-refractivity contribution is 7.80. The highest BCUT2D eigenvalue weighted by Gasteiger charge is 2.24. The van der Waals surface area contributed by atoms with Crippen molar-refractivity contribution in [3.8, 4) is 0 Å². The number of benzene rings is 1. The van der Waals surface area contributed by atoms with Crippen LogP contribution in [0.1, 0.15) is 51.2 Å². The lowest BCUT2D eigenvalue weighted by Gasteiger charge is -2.35. The van der Waals surface area contributed by atoms with Crippen molar-refractivity contribution in [2.45, 2.75) is 58.0 Å². The van der Waals surface area contributed by atoms with Crippen molar-refractivity contribution >= 4 is 17.2 Å². The zero-order chi connectivity index (χ0) is 14.8. The van der Waals surface area contributed by atoms with Crippen LogP contribution in [0.15, 0.2) is 24.3 Å². The van der Waals surface area contributed by atoms with Crippen LogP contribution in [0.5, 0.6) is 0 Å². The Balaban J connectivity index is 2.07. The van der Waals surface area contributed by atoms with Gasteiger partial charge in [0.2, 0.25) is 0 Å². The molecule has 1 aromatic carbocycles. The minimum atomic E-state index is 0.213. The Morgan fingerprint density at radius 3 is 2.45 bits per heavy atom. The van der Waals surface area contributed by atoms with E-state index in [1.165, 1.54) is 24.0 Å². The predicted molar refractivity (Wildman–Crippen MR) is 90.0 cm³/mol. The second-order valence-electron chi connectivity index (χ2n) is 6.83. The number of hydrogen-bond donors (Lipinski definition) is 1. The fraction of sp³-hybridized carbons (Fsp3) is 0.588. The van der Waals surface area contributed by atoms with Gasteiger partial charge in [0.25, 0.3) is 0 Å². The maximum absolute atomic E-state index is 5.88. The molecule has 0 saturated carbocycles. The fourth-order valence-electron chi connectivity index (χ4n) is 2.85. The van der Waals surface area contributed by atoms with Crippen LogP contribution < -0.4 is 5.73 Å². The summed E-state index contributed by atoms with van der Waals surface area (Å²) in [5, 5.41) is 0. The molecule has 20 heavy (non-hydrogen) atoms. The highest BCUT2D eigenvalue weighted by atomic mass is 32.1. The van der Waals surface area contributed by atoms with Gasteiger partial charge in [-0.25, -0.2) is 0 Å². The van der Waals surface area contributed by atoms with E-state index in [2.05, 4.69) is 49.9 Å². The summed E-state index contributed by atoms with van der Waals surface area (Å²) in [7, 11) is 0. The molecule has 2 rings (SSSR count). The quantitative estimate of drug-likeness (QED) is 0.862. The normalized spacial score (nSPS) is 20.9. The van der Waals surface area contributed by atoms with Crippen molar-refractivity contribution in [3.05, 3.63) is 35.4 Å². The molecule has 1 heterocycles. The standard InChI is InChI=1S/C17H26N2S/c1-17(2,3)14-9-7-13(8-10-14)12-19-11-5-4-6-15(19)16(18)20/h7-10,15H,4-6,11-12H2,1-3H3,(H2,18,20). The van der Waals surface area contributed by atoms with E-state index in [9.17, 15) is 0 Å². The molecule has 0 amide bonds. The molecule has 1 saturated heterocycles. The third kappa shape index (κ3) is 3.80. The van der Waals surface area contributed by atoms with Gasteiger partial charge in [-0.2, -0.15) is 0 Å². The van der Waals surface area contributed by atoms with E-state index in [0.29, 0.717) is 4.99 Å². The van der Waals surface area contributed by atoms with Gasteiger partial charge in [-0.15, -0.1) is 0 Å². The molecule has 1 atom stereocenters. The first kappa shape index (κ1) is 15.5. The van der Waals surface area contributed by atoms with Gasteiger partial charge in [0.15, 0.2) is 0 Å². The van der Waals surface area contributed by atoms with Crippen LogP contribution in [0.2, 0.25) is 0 Å². The summed E-state index contributed by atoms with van der Waals surface area (Å²) in [4.78, 5) is 3.08. The molecule has 110 valence electrons. The van der Waals surface area contributed by atoms with Crippen LogP contribution in [0.3, 0.4) is 0 Å². The third-order valence-electron chi connectivity index (χ3n) is 4.15. The average molecular weight is 290 g/mol. The Morgan fingerprint density at radius 2 is 1.90 bits per heavy atom. The van der Waals surface area contributed by atoms with Crippen molar-refractivity contribution in [3.63, 3.8) is 0 Å². The molecule has 1 fully saturated rings. The predicted octanol–water partition coefficient (Wildman–Crippen LogP) is 3.62. The molecule has 0 bridgehead atoms. The summed E-state index contributed by atoms with van der Waals surface area (Å²) in [5.74, 6) is 0. The van der Waals surface area contributed by atoms with Crippen molar-refractivity contribution in [1.29, 1.82) is 0 Å². The molecular weight excluding hydrogens is 264 g/mol. The molecule has 1 aliphatic heterocycles. The lowest BCUT2D eigenvalue weighted by atomic mass is 9.86. The second kappa shape index (κ2) is 6.23. The molecule has 0 aliphatic carbocycles. The first-order valence-corrected chi connectivity index (χ1v) is 7.91. The van der Waals surface area contributed by atoms with Crippen LogP contribution >= 0.6 is 12.2 Å². The maximum atomic E-state index is 5.88. The van der Waals surface area contributed by atoms with Crippen LogP contribution in [0.4, 0.5) is 0 Å². The molecule has 2 N–H and O–H groups in total. The third-order valence-corrected chi connectivity index (χ3v) is 4.42. The van der Waals surface area contributed by atoms with Gasteiger partial charge in [-0.05, 0) is 35.9 Å². The minimum absolute atomic E-state index is 0.213. The summed E-state index contributed by atoms with van der Waals surface area (Å²) in [6.45, 7) is 8.79. The molecule has 0 spiro atoms. The molecular formula is C17H26N2S. The van der Waals surface area contributed by atoms with E-state index in [-0.39, 0.29) is 11.5 Å². The molecule has 0 aromatic heterocycles. The Kier molecular flexibility index (Phi) is 4.82. The molecule has 1 unspecified atom stereocenters. The topological polar surface area (TPSA) is 29.3 Å². The van der Waals surface area contributed by atoms with E-state index < -0.39 is 0 Å². The Morgan fingerprint density at radius 1 is 1.25 bits per heavy atom. The van der Waals surface area contributed by atoms with Gasteiger partial charge in [-0.3, -0.25) is 4.90 Å². The van der Waals surface area contributed by atoms with E-state index in [4.69, 9.17) is 18.0 Å². The first-order valence-electron chi connectivity index (χ1n) is 7.51. The van der Waals surface area contributed by atoms with Crippen LogP contribution in [0, 0.1) is 0 Å². The monoisotopic (exact) mass is 290 g/mol. The zero-order valence-corrected chi connectivity index (χ0v) is 13.7. The van der Waals surface area contributed by atoms with Crippen LogP contribution in [-0.4, -0.2) is 22.5 Å². The zero-order valence-electron chi connectivity index (χ0n) is 12.9. The number of piperidine rings is 1. The smallest absolute Gasteiger partial charge is 0.0902 e. The molecule has 1 aliphatic rings. The van der Waals surface area contributed by atoms with E-state index in [1.807, 2.05) is 0 Å². The minimum Gasteiger partial charge on any atom is -0.392 e. The summed E-state index contributed by atoms with van der Waals surface area (Å²) in [5.41, 5.74) is 8.82. The fourth-order valence-corrected chi connectivity index (χ4v) is 3.11. The van der Waals surface area contributed by atoms with Gasteiger partial charge < -0.3 is 5.73 Å². The van der Waals surface area contributed by atoms with Crippen molar-refractivity contribution in [1.82, 2.24) is 4.90 Å². The summed E-state index contributed by atoms with van der Waals surface area (Å²) in [6, 6.07) is 9.25. The second-order valence-corrected chi connectivity index (χ2v) is 7.30. The molecule has 3 heteroatoms. The largest absolute Gasteiger partial charge is 0.392 e. The Hall–Kier alpha value is -0.930. The van der Waals surface area contributed by atoms with Crippen LogP contribution in [0.25, 0.3) is 0 Å². The van der Waals surface area contributed by atoms with E-state index in [0.717, 1.165) is 19.5 Å². The number of nitrogens with two attached hydrogens (primary N) is 1. The lowest BCUT2D eigenvalue weighted by Crippen LogP contribution is -2.46. The number of hydrogen-bond acceptors (Lipinski definition) is 2. The number of rotatable bonds is 3. The number of likely N-dealkylation sites (tertiary alicyclic amines) is 1. The van der Waals surface area contributed by atoms with Crippen LogP contribution in [-0.2, 0) is 12.0 Å². The Bertz CT molecular complexity index is 459. The van der Waals surface area contributed by atoms with Gasteiger partial charge in [0.1, 0.15) is 0 Å². The van der Waals surface area contributed by atoms with Crippen molar-refractivity contribution < 1.29 is 0 Å². The SMILES string of the molecule is CC(C)(C)c1ccc(CN2CCCCC2C(N)=S)cc1. The van der Waals surface area contributed by atoms with E-state index >= 15 is 0 Å². The number of nitrogens with zero attached hydrogens (tertiary/aromatic N) is 1. The van der Waals surface area contributed by atoms with E-state index in [1.54, 1.807) is 0 Å². The van der Waals surface area contributed by atoms with Gasteiger partial charge in [-0.1, -0.05) is 63.7 Å². The lowest BCUT2D eigenvalue weighted by molar-refractivity contribution is 0.184. The van der Waals surface area contributed by atoms with Crippen molar-refractivity contribution in [2.24, 2.45) is 5.73 Å². The highest BCUT2D eigenvalue weighted by Crippen LogP contribution is 2.24. The Labute approximate surface area is 128 Å². The maximum Gasteiger partial charge on any atom is 0.0902 e. The van der Waals surface area contributed by atoms with Gasteiger partial charge >= 0.3 is 0 Å². The average Bonchev–Trinajstić information content (AvgIpc) is 2.38.